The molecule has 1 aromatic rings. The molecule has 0 saturated heterocycles. The number of benzene rings is 1. The van der Waals surface area contributed by atoms with Gasteiger partial charge in [0, 0.05) is 5.56 Å². The molecule has 0 aromatic heterocycles. The van der Waals surface area contributed by atoms with Crippen molar-refractivity contribution >= 4 is 21.1 Å². The molecule has 0 radical (unpaired) electrons. The number of carbonyl (C=O) groups excluding carboxylic acids is 1. The van der Waals surface area contributed by atoms with Crippen molar-refractivity contribution in [1.82, 2.24) is 0 Å². The van der Waals surface area contributed by atoms with Crippen LogP contribution in [0.5, 0.6) is 0 Å². The fraction of sp³-hybridized carbons (Fsp3) is 0.533. The van der Waals surface area contributed by atoms with Gasteiger partial charge in [-0.2, -0.15) is 0 Å². The van der Waals surface area contributed by atoms with Crippen molar-refractivity contribution in [2.45, 2.75) is 38.3 Å². The minimum atomic E-state index is -0.379. The summed E-state index contributed by atoms with van der Waals surface area (Å²) >= 11 is 0.755. The zero-order valence-electron chi connectivity index (χ0n) is 13.0. The Morgan fingerprint density at radius 3 is 1.83 bits per heavy atom. The van der Waals surface area contributed by atoms with Crippen molar-refractivity contribution in [2.24, 2.45) is 17.6 Å². The SMILES string of the molecule is CC(C)[CH2][Al+][CH2]C(C)C.NC(=O)c1ccccc1.[H-]. The predicted molar refractivity (Wildman–Crippen MR) is 81.1 cm³/mol. The molecule has 0 aliphatic heterocycles. The van der Waals surface area contributed by atoms with Gasteiger partial charge in [-0.25, -0.2) is 0 Å². The molecule has 0 saturated carbocycles. The molecule has 1 amide bonds. The third kappa shape index (κ3) is 10.4. The Bertz CT molecular complexity index is 320. The zero-order valence-corrected chi connectivity index (χ0v) is 13.2. The summed E-state index contributed by atoms with van der Waals surface area (Å²) in [6, 6.07) is 8.76. The van der Waals surface area contributed by atoms with Crippen LogP contribution in [-0.4, -0.2) is 21.1 Å². The van der Waals surface area contributed by atoms with E-state index in [0.29, 0.717) is 5.56 Å². The summed E-state index contributed by atoms with van der Waals surface area (Å²) in [5, 5.41) is 2.97. The monoisotopic (exact) mass is 263 g/mol. The maximum atomic E-state index is 10.4. The van der Waals surface area contributed by atoms with Gasteiger partial charge in [-0.05, 0) is 12.1 Å². The summed E-state index contributed by atoms with van der Waals surface area (Å²) in [6.45, 7) is 9.25. The van der Waals surface area contributed by atoms with Crippen LogP contribution in [0.2, 0.25) is 10.6 Å². The normalized spacial score (nSPS) is 9.67. The van der Waals surface area contributed by atoms with Crippen molar-refractivity contribution in [3.05, 3.63) is 35.9 Å². The first-order valence-corrected chi connectivity index (χ1v) is 8.23. The van der Waals surface area contributed by atoms with Gasteiger partial charge in [-0.3, -0.25) is 4.79 Å². The molecule has 2 nitrogen and oxygen atoms in total. The minimum absolute atomic E-state index is 0. The van der Waals surface area contributed by atoms with Gasteiger partial charge in [-0.15, -0.1) is 0 Å². The molecule has 1 rings (SSSR count). The summed E-state index contributed by atoms with van der Waals surface area (Å²) in [6.07, 6.45) is 0. The standard InChI is InChI=1S/C7H7NO.2C4H9.Al.H/c8-7(9)6-4-2-1-3-5-6;2*1-4(2)3;;/h1-5H,(H2,8,9);2*4H,1H2,2-3H3;;/q;;;+1;-1. The van der Waals surface area contributed by atoms with Gasteiger partial charge in [0.1, 0.15) is 0 Å². The summed E-state index contributed by atoms with van der Waals surface area (Å²) in [7, 11) is 0. The van der Waals surface area contributed by atoms with Gasteiger partial charge in [0.15, 0.2) is 0 Å². The molecule has 0 fully saturated rings. The first kappa shape index (κ1) is 17.2. The second-order valence-electron chi connectivity index (χ2n) is 5.28. The van der Waals surface area contributed by atoms with E-state index in [1.165, 1.54) is 10.6 Å². The second-order valence-corrected chi connectivity index (χ2v) is 6.80. The van der Waals surface area contributed by atoms with Crippen LogP contribution in [0, 0.1) is 11.8 Å². The van der Waals surface area contributed by atoms with Gasteiger partial charge in [0.2, 0.25) is 5.91 Å². The van der Waals surface area contributed by atoms with Crippen molar-refractivity contribution in [3.63, 3.8) is 0 Å². The van der Waals surface area contributed by atoms with Crippen LogP contribution in [0.15, 0.2) is 30.3 Å². The molecule has 18 heavy (non-hydrogen) atoms. The summed E-state index contributed by atoms with van der Waals surface area (Å²) in [5.74, 6) is 1.48. The van der Waals surface area contributed by atoms with Gasteiger partial charge in [0.25, 0.3) is 0 Å². The number of hydrogen-bond donors (Lipinski definition) is 1. The van der Waals surface area contributed by atoms with Crippen LogP contribution in [0.4, 0.5) is 0 Å². The fourth-order valence-electron chi connectivity index (χ4n) is 1.37. The topological polar surface area (TPSA) is 43.1 Å². The summed E-state index contributed by atoms with van der Waals surface area (Å²) < 4.78 is 0. The molecular formula is C15H26AlNO. The molecule has 3 heteroatoms. The Kier molecular flexibility index (Phi) is 9.73. The molecule has 0 aliphatic carbocycles. The third-order valence-electron chi connectivity index (χ3n) is 2.33. The van der Waals surface area contributed by atoms with E-state index in [1.807, 2.05) is 6.07 Å². The third-order valence-corrected chi connectivity index (χ3v) is 4.89. The van der Waals surface area contributed by atoms with E-state index in [9.17, 15) is 4.79 Å². The van der Waals surface area contributed by atoms with Crippen LogP contribution in [0.1, 0.15) is 39.5 Å². The van der Waals surface area contributed by atoms with Crippen molar-refractivity contribution in [1.29, 1.82) is 0 Å². The molecule has 0 bridgehead atoms. The average Bonchev–Trinajstić information content (AvgIpc) is 2.30. The molecule has 0 unspecified atom stereocenters. The Morgan fingerprint density at radius 1 is 1.11 bits per heavy atom. The Morgan fingerprint density at radius 2 is 1.56 bits per heavy atom. The molecule has 0 aliphatic rings. The number of nitrogens with two attached hydrogens (primary N) is 1. The van der Waals surface area contributed by atoms with Gasteiger partial charge >= 0.3 is 65.3 Å². The van der Waals surface area contributed by atoms with E-state index in [1.54, 1.807) is 24.3 Å². The van der Waals surface area contributed by atoms with E-state index >= 15 is 0 Å². The minimum Gasteiger partial charge on any atom is -1.00 e. The maximum Gasteiger partial charge on any atom is 0.248 e. The summed E-state index contributed by atoms with van der Waals surface area (Å²) in [4.78, 5) is 10.4. The van der Waals surface area contributed by atoms with Crippen molar-refractivity contribution < 1.29 is 6.22 Å². The quantitative estimate of drug-likeness (QED) is 0.808. The maximum absolute atomic E-state index is 10.4. The number of carbonyl (C=O) groups is 1. The first-order chi connectivity index (χ1) is 8.43. The first-order valence-electron chi connectivity index (χ1n) is 6.60. The molecule has 100 valence electrons. The zero-order chi connectivity index (χ0) is 14.0. The molecule has 2 N–H and O–H groups in total. The predicted octanol–water partition coefficient (Wildman–Crippen LogP) is 3.74. The Balaban J connectivity index is 0. The Hall–Kier alpha value is -0.778. The van der Waals surface area contributed by atoms with Crippen molar-refractivity contribution in [2.75, 3.05) is 0 Å². The van der Waals surface area contributed by atoms with Crippen LogP contribution in [0.25, 0.3) is 0 Å². The van der Waals surface area contributed by atoms with Crippen LogP contribution in [-0.2, 0) is 0 Å². The molecular weight excluding hydrogens is 237 g/mol. The van der Waals surface area contributed by atoms with Crippen LogP contribution >= 0.6 is 0 Å². The van der Waals surface area contributed by atoms with E-state index in [4.69, 9.17) is 5.73 Å². The average molecular weight is 263 g/mol. The van der Waals surface area contributed by atoms with E-state index in [2.05, 4.69) is 27.7 Å². The Labute approximate surface area is 119 Å². The summed E-state index contributed by atoms with van der Waals surface area (Å²) in [5.41, 5.74) is 5.53. The van der Waals surface area contributed by atoms with Gasteiger partial charge < -0.3 is 7.16 Å². The van der Waals surface area contributed by atoms with Crippen molar-refractivity contribution in [3.8, 4) is 0 Å². The number of primary amides is 1. The molecule has 1 aromatic carbocycles. The fourth-order valence-corrected chi connectivity index (χ4v) is 2.89. The number of rotatable bonds is 5. The van der Waals surface area contributed by atoms with E-state index in [0.717, 1.165) is 27.1 Å². The van der Waals surface area contributed by atoms with Gasteiger partial charge in [-0.1, -0.05) is 18.2 Å². The van der Waals surface area contributed by atoms with E-state index < -0.39 is 0 Å². The molecule has 0 spiro atoms. The van der Waals surface area contributed by atoms with E-state index in [-0.39, 0.29) is 7.33 Å². The molecule has 0 heterocycles. The molecule has 0 atom stereocenters. The smallest absolute Gasteiger partial charge is 0.248 e. The van der Waals surface area contributed by atoms with Crippen LogP contribution in [0.3, 0.4) is 0 Å². The second kappa shape index (κ2) is 10.2. The van der Waals surface area contributed by atoms with Crippen LogP contribution < -0.4 is 5.73 Å². The largest absolute Gasteiger partial charge is 1.00 e. The number of hydrogen-bond acceptors (Lipinski definition) is 1. The number of amides is 1. The van der Waals surface area contributed by atoms with Gasteiger partial charge in [0.05, 0.1) is 0 Å².